The van der Waals surface area contributed by atoms with Gasteiger partial charge < -0.3 is 5.11 Å². The van der Waals surface area contributed by atoms with Gasteiger partial charge in [-0.15, -0.1) is 0 Å². The van der Waals surface area contributed by atoms with Crippen molar-refractivity contribution in [2.24, 2.45) is 11.3 Å². The minimum absolute atomic E-state index is 0.162. The van der Waals surface area contributed by atoms with Gasteiger partial charge in [0.1, 0.15) is 6.10 Å². The third-order valence-electron chi connectivity index (χ3n) is 6.99. The van der Waals surface area contributed by atoms with Gasteiger partial charge in [-0.25, -0.2) is 0 Å². The Hall–Kier alpha value is -3.49. The van der Waals surface area contributed by atoms with E-state index >= 15 is 0 Å². The number of allylic oxidation sites excluding steroid dienone is 23. The molecule has 2 heteroatoms. The summed E-state index contributed by atoms with van der Waals surface area (Å²) in [6, 6.07) is 0. The van der Waals surface area contributed by atoms with Gasteiger partial charge in [0.15, 0.2) is 5.78 Å². The molecule has 0 aromatic carbocycles. The van der Waals surface area contributed by atoms with Gasteiger partial charge in [-0.1, -0.05) is 159 Å². The van der Waals surface area contributed by atoms with Crippen LogP contribution in [-0.2, 0) is 4.79 Å². The molecule has 1 rings (SSSR count). The van der Waals surface area contributed by atoms with E-state index in [1.165, 1.54) is 16.7 Å². The van der Waals surface area contributed by atoms with Crippen LogP contribution in [0.2, 0.25) is 0 Å². The van der Waals surface area contributed by atoms with E-state index < -0.39 is 6.10 Å². The van der Waals surface area contributed by atoms with Gasteiger partial charge >= 0.3 is 0 Å². The molecule has 226 valence electrons. The van der Waals surface area contributed by atoms with E-state index in [0.717, 1.165) is 23.1 Å². The summed E-state index contributed by atoms with van der Waals surface area (Å²) in [4.78, 5) is 12.2. The summed E-state index contributed by atoms with van der Waals surface area (Å²) < 4.78 is 0. The van der Waals surface area contributed by atoms with Gasteiger partial charge in [-0.3, -0.25) is 4.79 Å². The van der Waals surface area contributed by atoms with E-state index in [1.54, 1.807) is 0 Å². The van der Waals surface area contributed by atoms with E-state index in [4.69, 9.17) is 0 Å². The Kier molecular flexibility index (Phi) is 16.4. The van der Waals surface area contributed by atoms with E-state index in [-0.39, 0.29) is 11.2 Å². The number of rotatable bonds is 13. The number of Topliss-reactive ketones (excluding diaryl/α,β-unsaturated/α-hetero) is 1. The lowest BCUT2D eigenvalue weighted by molar-refractivity contribution is -0.125. The van der Waals surface area contributed by atoms with Crippen LogP contribution in [0.1, 0.15) is 82.1 Å². The predicted octanol–water partition coefficient (Wildman–Crippen LogP) is 10.8. The highest BCUT2D eigenvalue weighted by Crippen LogP contribution is 2.39. The second kappa shape index (κ2) is 18.8. The van der Waals surface area contributed by atoms with Crippen molar-refractivity contribution in [2.45, 2.75) is 88.2 Å². The van der Waals surface area contributed by atoms with Gasteiger partial charge in [0.2, 0.25) is 0 Å². The number of ketones is 1. The first kappa shape index (κ1) is 36.5. The smallest absolute Gasteiger partial charge is 0.187 e. The van der Waals surface area contributed by atoms with Gasteiger partial charge in [0, 0.05) is 0 Å². The lowest BCUT2D eigenvalue weighted by Crippen LogP contribution is -2.35. The largest absolute Gasteiger partial charge is 0.385 e. The Morgan fingerprint density at radius 2 is 1.14 bits per heavy atom. The van der Waals surface area contributed by atoms with E-state index in [1.807, 2.05) is 38.2 Å². The van der Waals surface area contributed by atoms with Gasteiger partial charge in [0.05, 0.1) is 0 Å². The Bertz CT molecular complexity index is 1280. The first-order valence-corrected chi connectivity index (χ1v) is 15.1. The Labute approximate surface area is 257 Å². The monoisotopic (exact) mass is 566 g/mol. The molecule has 0 aromatic rings. The van der Waals surface area contributed by atoms with Crippen LogP contribution in [0.3, 0.4) is 0 Å². The predicted molar refractivity (Wildman–Crippen MR) is 185 cm³/mol. The molecule has 1 unspecified atom stereocenters. The highest BCUT2D eigenvalue weighted by Gasteiger charge is 2.36. The van der Waals surface area contributed by atoms with Crippen LogP contribution in [0.5, 0.6) is 0 Å². The quantitative estimate of drug-likeness (QED) is 0.225. The number of hydrogen-bond acceptors (Lipinski definition) is 2. The zero-order valence-corrected chi connectivity index (χ0v) is 27.7. The first-order valence-electron chi connectivity index (χ1n) is 15.1. The number of aliphatic hydroxyl groups excluding tert-OH is 1. The first-order chi connectivity index (χ1) is 19.7. The molecule has 0 aromatic heterocycles. The molecule has 1 N–H and O–H groups in total. The normalized spacial score (nSPS) is 20.5. The third kappa shape index (κ3) is 14.9. The van der Waals surface area contributed by atoms with Crippen molar-refractivity contribution in [1.29, 1.82) is 0 Å². The summed E-state index contributed by atoms with van der Waals surface area (Å²) in [7, 11) is 0. The van der Waals surface area contributed by atoms with Gasteiger partial charge in [-0.2, -0.15) is 0 Å². The molecule has 0 amide bonds. The molecule has 1 atom stereocenters. The van der Waals surface area contributed by atoms with Crippen molar-refractivity contribution >= 4 is 5.78 Å². The van der Waals surface area contributed by atoms with Crippen molar-refractivity contribution in [3.05, 3.63) is 142 Å². The molecule has 0 aliphatic heterocycles. The number of carbonyl (C=O) groups is 1. The molecule has 0 fully saturated rings. The van der Waals surface area contributed by atoms with Crippen LogP contribution < -0.4 is 0 Å². The fraction of sp³-hybridized carbons (Fsp3) is 0.375. The molecule has 2 nitrogen and oxygen atoms in total. The standard InChI is InChI=1S/C40H54O2/c1-30(2)17-13-20-33(5)23-15-25-34(6)24-14-21-31(3)18-11-12-19-32(4)22-16-26-35(7)27-28-37-36(8)39(42)38(41)29-40(37,9)10/h11-16,18-28,30,38,41H,17,29H2,1-10H3/b12-11+,20-13-,21-14+,22-16+,25-15+,28-27+,31-18+,32-19+,33-23+,34-24+,35-26+. The summed E-state index contributed by atoms with van der Waals surface area (Å²) in [5, 5.41) is 10.0. The molecule has 0 saturated carbocycles. The van der Waals surface area contributed by atoms with Crippen molar-refractivity contribution in [1.82, 2.24) is 0 Å². The summed E-state index contributed by atoms with van der Waals surface area (Å²) in [5.41, 5.74) is 7.32. The molecular formula is C40H54O2. The molecule has 42 heavy (non-hydrogen) atoms. The fourth-order valence-electron chi connectivity index (χ4n) is 4.42. The molecule has 1 aliphatic rings. The van der Waals surface area contributed by atoms with Crippen LogP contribution in [0.25, 0.3) is 0 Å². The summed E-state index contributed by atoms with van der Waals surface area (Å²) in [5.74, 6) is 0.532. The molecule has 0 saturated heterocycles. The topological polar surface area (TPSA) is 37.3 Å². The molecular weight excluding hydrogens is 512 g/mol. The maximum atomic E-state index is 12.2. The second-order valence-electron chi connectivity index (χ2n) is 12.4. The maximum Gasteiger partial charge on any atom is 0.187 e. The van der Waals surface area contributed by atoms with Gasteiger partial charge in [0.25, 0.3) is 0 Å². The van der Waals surface area contributed by atoms with Crippen LogP contribution in [0.15, 0.2) is 142 Å². The fourth-order valence-corrected chi connectivity index (χ4v) is 4.42. The van der Waals surface area contributed by atoms with Crippen molar-refractivity contribution in [2.75, 3.05) is 0 Å². The van der Waals surface area contributed by atoms with Crippen LogP contribution in [-0.4, -0.2) is 17.0 Å². The Balaban J connectivity index is 2.65. The van der Waals surface area contributed by atoms with Crippen molar-refractivity contribution in [3.8, 4) is 0 Å². The number of hydrogen-bond donors (Lipinski definition) is 1. The summed E-state index contributed by atoms with van der Waals surface area (Å²) in [6.07, 6.45) is 36.3. The minimum Gasteiger partial charge on any atom is -0.385 e. The molecule has 0 radical (unpaired) electrons. The lowest BCUT2D eigenvalue weighted by Gasteiger charge is -2.34. The lowest BCUT2D eigenvalue weighted by atomic mass is 9.71. The zero-order chi connectivity index (χ0) is 31.7. The van der Waals surface area contributed by atoms with Crippen LogP contribution >= 0.6 is 0 Å². The molecule has 1 aliphatic carbocycles. The molecule has 0 bridgehead atoms. The highest BCUT2D eigenvalue weighted by atomic mass is 16.3. The maximum absolute atomic E-state index is 12.2. The molecule has 0 heterocycles. The van der Waals surface area contributed by atoms with Crippen molar-refractivity contribution in [3.63, 3.8) is 0 Å². The van der Waals surface area contributed by atoms with Crippen LogP contribution in [0.4, 0.5) is 0 Å². The molecule has 0 spiro atoms. The van der Waals surface area contributed by atoms with E-state index in [2.05, 4.69) is 134 Å². The zero-order valence-electron chi connectivity index (χ0n) is 27.7. The minimum atomic E-state index is -0.893. The summed E-state index contributed by atoms with van der Waals surface area (Å²) in [6.45, 7) is 20.9. The van der Waals surface area contributed by atoms with E-state index in [0.29, 0.717) is 17.9 Å². The van der Waals surface area contributed by atoms with E-state index in [9.17, 15) is 9.90 Å². The third-order valence-corrected chi connectivity index (χ3v) is 6.99. The second-order valence-corrected chi connectivity index (χ2v) is 12.4. The highest BCUT2D eigenvalue weighted by molar-refractivity contribution is 6.00. The van der Waals surface area contributed by atoms with Crippen LogP contribution in [0, 0.1) is 11.3 Å². The number of carbonyl (C=O) groups excluding carboxylic acids is 1. The number of aliphatic hydroxyl groups is 1. The average Bonchev–Trinajstić information content (AvgIpc) is 2.89. The van der Waals surface area contributed by atoms with Crippen molar-refractivity contribution < 1.29 is 9.90 Å². The average molecular weight is 567 g/mol. The Morgan fingerprint density at radius 1 is 0.738 bits per heavy atom. The SMILES string of the molecule is CC1=C(/C=C/C(C)=C/C=C/C(C)=C/C=C/C=C(C)/C=C/C=C(C)/C=C/C=C(C)/C=C\CC(C)C)C(C)(C)CC(O)C1=O. The van der Waals surface area contributed by atoms with Gasteiger partial charge in [-0.05, 0) is 76.9 Å². The Morgan fingerprint density at radius 3 is 1.60 bits per heavy atom. The summed E-state index contributed by atoms with van der Waals surface area (Å²) >= 11 is 0.